The van der Waals surface area contributed by atoms with Gasteiger partial charge in [-0.05, 0) is 60.8 Å². The number of urea groups is 1. The molecule has 4 aromatic rings. The van der Waals surface area contributed by atoms with Gasteiger partial charge in [0, 0.05) is 28.2 Å². The Labute approximate surface area is 240 Å². The third-order valence-electron chi connectivity index (χ3n) is 5.53. The van der Waals surface area contributed by atoms with Crippen LogP contribution >= 0.6 is 33.9 Å². The van der Waals surface area contributed by atoms with Crippen molar-refractivity contribution in [3.05, 3.63) is 81.3 Å². The number of ether oxygens (including phenoxy) is 1. The van der Waals surface area contributed by atoms with E-state index in [-0.39, 0.29) is 38.8 Å². The molecule has 39 heavy (non-hydrogen) atoms. The van der Waals surface area contributed by atoms with Crippen LogP contribution in [-0.2, 0) is 19.2 Å². The Morgan fingerprint density at radius 3 is 2.56 bits per heavy atom. The minimum absolute atomic E-state index is 0.0131. The summed E-state index contributed by atoms with van der Waals surface area (Å²) in [5, 5.41) is 5.69. The number of carbonyl (C=O) groups is 2. The van der Waals surface area contributed by atoms with Crippen LogP contribution in [0.2, 0.25) is 0 Å². The van der Waals surface area contributed by atoms with E-state index in [0.717, 1.165) is 22.3 Å². The van der Waals surface area contributed by atoms with Crippen molar-refractivity contribution in [3.63, 3.8) is 0 Å². The van der Waals surface area contributed by atoms with Crippen LogP contribution in [0.5, 0.6) is 0 Å². The van der Waals surface area contributed by atoms with E-state index in [4.69, 9.17) is 4.74 Å². The van der Waals surface area contributed by atoms with Crippen molar-refractivity contribution in [2.45, 2.75) is 15.6 Å². The highest BCUT2D eigenvalue weighted by Crippen LogP contribution is 2.25. The number of nitrogens with zero attached hydrogens (tertiary/aromatic N) is 1. The number of sulfonamides is 1. The fraction of sp³-hybridized carbons (Fsp3) is 0.160. The van der Waals surface area contributed by atoms with Crippen molar-refractivity contribution in [2.75, 3.05) is 24.3 Å². The van der Waals surface area contributed by atoms with Gasteiger partial charge in [0.1, 0.15) is 10.0 Å². The molecule has 4 rings (SSSR count). The number of carbonyl (C=O) groups excluding carboxylic acids is 2. The van der Waals surface area contributed by atoms with Crippen LogP contribution in [0, 0.1) is 5.82 Å². The Morgan fingerprint density at radius 1 is 1.13 bits per heavy atom. The highest BCUT2D eigenvalue weighted by atomic mass is 127. The summed E-state index contributed by atoms with van der Waals surface area (Å²) < 4.78 is 48.4. The number of halogens is 2. The van der Waals surface area contributed by atoms with Crippen molar-refractivity contribution in [3.8, 4) is 5.69 Å². The molecular formula is C25H22FIN4O6S2. The standard InChI is InChI=1S/C25H22FIN4O6S2/c1-3-37-24(33)18-11-15(29-25(34)30-39(35,36)22-7-5-16(13-27)38-22)4-6-21(18)31-9-8-14-10-20(28-2)19(26)12-17(14)23(31)32/h4-12,28H,3,13H2,1-2H3,(H2,29,30,34). The second-order valence-corrected chi connectivity index (χ2v) is 11.9. The number of hydrogen-bond acceptors (Lipinski definition) is 8. The molecule has 0 saturated carbocycles. The molecular weight excluding hydrogens is 662 g/mol. The molecule has 2 aromatic carbocycles. The maximum absolute atomic E-state index is 14.4. The van der Waals surface area contributed by atoms with Crippen molar-refractivity contribution in [1.82, 2.24) is 9.29 Å². The van der Waals surface area contributed by atoms with Gasteiger partial charge in [0.2, 0.25) is 0 Å². The smallest absolute Gasteiger partial charge is 0.340 e. The fourth-order valence-corrected chi connectivity index (χ4v) is 6.58. The lowest BCUT2D eigenvalue weighted by molar-refractivity contribution is 0.0526. The van der Waals surface area contributed by atoms with E-state index in [2.05, 4.69) is 33.2 Å². The first-order valence-electron chi connectivity index (χ1n) is 11.4. The second-order valence-electron chi connectivity index (χ2n) is 8.03. The van der Waals surface area contributed by atoms with Gasteiger partial charge in [-0.15, -0.1) is 11.3 Å². The summed E-state index contributed by atoms with van der Waals surface area (Å²) in [6, 6.07) is 10.3. The van der Waals surface area contributed by atoms with Crippen molar-refractivity contribution < 1.29 is 27.1 Å². The van der Waals surface area contributed by atoms with Gasteiger partial charge in [0.15, 0.2) is 0 Å². The molecule has 14 heteroatoms. The number of fused-ring (bicyclic) bond motifs is 1. The van der Waals surface area contributed by atoms with E-state index in [0.29, 0.717) is 9.81 Å². The van der Waals surface area contributed by atoms with E-state index in [1.807, 2.05) is 4.72 Å². The number of hydrogen-bond donors (Lipinski definition) is 3. The Bertz CT molecular complexity index is 1750. The number of alkyl halides is 1. The molecule has 2 heterocycles. The lowest BCUT2D eigenvalue weighted by Gasteiger charge is -2.15. The van der Waals surface area contributed by atoms with Gasteiger partial charge >= 0.3 is 12.0 Å². The highest BCUT2D eigenvalue weighted by Gasteiger charge is 2.22. The number of esters is 1. The fourth-order valence-electron chi connectivity index (χ4n) is 3.75. The molecule has 204 valence electrons. The summed E-state index contributed by atoms with van der Waals surface area (Å²) in [5.74, 6) is -1.39. The predicted octanol–water partition coefficient (Wildman–Crippen LogP) is 4.86. The molecule has 0 fully saturated rings. The monoisotopic (exact) mass is 684 g/mol. The molecule has 0 atom stereocenters. The first-order valence-corrected chi connectivity index (χ1v) is 15.2. The van der Waals surface area contributed by atoms with Gasteiger partial charge in [-0.3, -0.25) is 9.36 Å². The van der Waals surface area contributed by atoms with Crippen LogP contribution in [0.3, 0.4) is 0 Å². The number of thiophene rings is 1. The van der Waals surface area contributed by atoms with Crippen LogP contribution in [0.1, 0.15) is 22.2 Å². The van der Waals surface area contributed by atoms with E-state index in [1.165, 1.54) is 41.1 Å². The van der Waals surface area contributed by atoms with Crippen molar-refractivity contribution in [2.24, 2.45) is 0 Å². The maximum Gasteiger partial charge on any atom is 0.340 e. The number of anilines is 2. The van der Waals surface area contributed by atoms with Gasteiger partial charge in [-0.25, -0.2) is 27.1 Å². The molecule has 0 aliphatic rings. The summed E-state index contributed by atoms with van der Waals surface area (Å²) >= 11 is 3.15. The number of amides is 2. The molecule has 0 saturated heterocycles. The second kappa shape index (κ2) is 11.7. The Morgan fingerprint density at radius 2 is 1.90 bits per heavy atom. The lowest BCUT2D eigenvalue weighted by Crippen LogP contribution is -2.34. The Balaban J connectivity index is 1.69. The molecule has 0 bridgehead atoms. The molecule has 0 aliphatic carbocycles. The van der Waals surface area contributed by atoms with Crippen LogP contribution in [0.4, 0.5) is 20.6 Å². The van der Waals surface area contributed by atoms with Gasteiger partial charge < -0.3 is 15.4 Å². The molecule has 2 aromatic heterocycles. The number of benzene rings is 2. The molecule has 0 unspecified atom stereocenters. The molecule has 2 amide bonds. The summed E-state index contributed by atoms with van der Waals surface area (Å²) in [6.07, 6.45) is 1.44. The molecule has 0 radical (unpaired) electrons. The van der Waals surface area contributed by atoms with E-state index < -0.39 is 33.4 Å². The van der Waals surface area contributed by atoms with Crippen molar-refractivity contribution >= 4 is 78.1 Å². The number of nitrogens with one attached hydrogen (secondary N) is 3. The van der Waals surface area contributed by atoms with Crippen molar-refractivity contribution in [1.29, 1.82) is 0 Å². The van der Waals surface area contributed by atoms with Gasteiger partial charge in [0.25, 0.3) is 15.6 Å². The molecule has 0 spiro atoms. The molecule has 0 aliphatic heterocycles. The van der Waals surface area contributed by atoms with Crippen LogP contribution < -0.4 is 20.9 Å². The van der Waals surface area contributed by atoms with E-state index in [1.54, 1.807) is 26.1 Å². The third-order valence-corrected chi connectivity index (χ3v) is 9.78. The minimum atomic E-state index is -4.11. The Hall–Kier alpha value is -3.50. The quantitative estimate of drug-likeness (QED) is 0.137. The summed E-state index contributed by atoms with van der Waals surface area (Å²) in [6.45, 7) is 1.65. The van der Waals surface area contributed by atoms with Crippen LogP contribution in [-0.4, -0.2) is 38.6 Å². The average molecular weight is 685 g/mol. The first-order chi connectivity index (χ1) is 18.6. The normalized spacial score (nSPS) is 11.3. The summed E-state index contributed by atoms with van der Waals surface area (Å²) in [4.78, 5) is 39.4. The van der Waals surface area contributed by atoms with Gasteiger partial charge in [-0.1, -0.05) is 22.6 Å². The zero-order valence-electron chi connectivity index (χ0n) is 20.6. The zero-order valence-corrected chi connectivity index (χ0v) is 24.4. The highest BCUT2D eigenvalue weighted by molar-refractivity contribution is 14.1. The Kier molecular flexibility index (Phi) is 8.56. The number of pyridine rings is 1. The molecule has 3 N–H and O–H groups in total. The lowest BCUT2D eigenvalue weighted by atomic mass is 10.1. The first kappa shape index (κ1) is 28.5. The zero-order chi connectivity index (χ0) is 28.3. The topological polar surface area (TPSA) is 136 Å². The average Bonchev–Trinajstić information content (AvgIpc) is 3.40. The largest absolute Gasteiger partial charge is 0.462 e. The number of aromatic nitrogens is 1. The predicted molar refractivity (Wildman–Crippen MR) is 156 cm³/mol. The molecule has 10 nitrogen and oxygen atoms in total. The summed E-state index contributed by atoms with van der Waals surface area (Å²) in [7, 11) is -2.55. The van der Waals surface area contributed by atoms with Gasteiger partial charge in [0.05, 0.1) is 28.9 Å². The SMILES string of the molecule is CCOC(=O)c1cc(NC(=O)NS(=O)(=O)c2ccc(CI)s2)ccc1-n1ccc2cc(NC)c(F)cc2c1=O. The van der Waals surface area contributed by atoms with Gasteiger partial charge in [-0.2, -0.15) is 0 Å². The summed E-state index contributed by atoms with van der Waals surface area (Å²) in [5.41, 5.74) is -0.219. The van der Waals surface area contributed by atoms with Crippen LogP contribution in [0.15, 0.2) is 63.7 Å². The number of rotatable bonds is 8. The van der Waals surface area contributed by atoms with E-state index >= 15 is 0 Å². The van der Waals surface area contributed by atoms with Crippen LogP contribution in [0.25, 0.3) is 16.5 Å². The minimum Gasteiger partial charge on any atom is -0.462 e. The third kappa shape index (κ3) is 6.07. The maximum atomic E-state index is 14.4. The van der Waals surface area contributed by atoms with E-state index in [9.17, 15) is 27.2 Å².